The van der Waals surface area contributed by atoms with Gasteiger partial charge in [-0.1, -0.05) is 19.0 Å². The molecule has 1 aromatic rings. The van der Waals surface area contributed by atoms with E-state index in [2.05, 4.69) is 15.0 Å². The summed E-state index contributed by atoms with van der Waals surface area (Å²) in [6.45, 7) is 6.59. The van der Waals surface area contributed by atoms with Crippen molar-refractivity contribution in [2.24, 2.45) is 0 Å². The zero-order valence-electron chi connectivity index (χ0n) is 14.2. The molecule has 2 heterocycles. The van der Waals surface area contributed by atoms with Crippen molar-refractivity contribution in [3.05, 3.63) is 11.7 Å². The first-order valence-electron chi connectivity index (χ1n) is 7.87. The summed E-state index contributed by atoms with van der Waals surface area (Å²) >= 11 is 0. The molecule has 1 saturated heterocycles. The number of nitrogens with zero attached hydrogens (tertiary/aromatic N) is 5. The number of amides is 2. The van der Waals surface area contributed by atoms with Gasteiger partial charge >= 0.3 is 6.03 Å². The fraction of sp³-hybridized carbons (Fsp3) is 0.800. The highest BCUT2D eigenvalue weighted by atomic mass is 16.5. The van der Waals surface area contributed by atoms with E-state index < -0.39 is 0 Å². The van der Waals surface area contributed by atoms with E-state index in [0.29, 0.717) is 12.4 Å². The molecule has 1 fully saturated rings. The third kappa shape index (κ3) is 3.97. The van der Waals surface area contributed by atoms with Gasteiger partial charge in [0.1, 0.15) is 0 Å². The monoisotopic (exact) mass is 309 g/mol. The Balaban J connectivity index is 1.94. The predicted molar refractivity (Wildman–Crippen MR) is 83.5 cm³/mol. The van der Waals surface area contributed by atoms with Crippen LogP contribution in [0.4, 0.5) is 4.79 Å². The van der Waals surface area contributed by atoms with Crippen molar-refractivity contribution in [2.45, 2.75) is 45.2 Å². The van der Waals surface area contributed by atoms with E-state index in [4.69, 9.17) is 4.52 Å². The van der Waals surface area contributed by atoms with Crippen molar-refractivity contribution < 1.29 is 9.32 Å². The van der Waals surface area contributed by atoms with Gasteiger partial charge in [0.15, 0.2) is 5.82 Å². The Morgan fingerprint density at radius 2 is 2.14 bits per heavy atom. The molecule has 22 heavy (non-hydrogen) atoms. The van der Waals surface area contributed by atoms with Gasteiger partial charge in [0, 0.05) is 39.6 Å². The second-order valence-corrected chi connectivity index (χ2v) is 6.52. The van der Waals surface area contributed by atoms with E-state index in [9.17, 15) is 4.79 Å². The lowest BCUT2D eigenvalue weighted by molar-refractivity contribution is 0.103. The standard InChI is InChI=1S/C15H27N5O2/c1-11(2)14-16-13(22-17-14)10-20-8-6-7-12(9-20)19(5)15(21)18(3)4/h11-12H,6-10H2,1-5H3. The average Bonchev–Trinajstić information content (AvgIpc) is 2.94. The van der Waals surface area contributed by atoms with Crippen molar-refractivity contribution in [3.63, 3.8) is 0 Å². The summed E-state index contributed by atoms with van der Waals surface area (Å²) in [5.41, 5.74) is 0. The van der Waals surface area contributed by atoms with E-state index in [-0.39, 0.29) is 18.0 Å². The number of aromatic nitrogens is 2. The number of carbonyl (C=O) groups is 1. The van der Waals surface area contributed by atoms with Crippen LogP contribution in [0.5, 0.6) is 0 Å². The summed E-state index contributed by atoms with van der Waals surface area (Å²) in [5.74, 6) is 1.69. The van der Waals surface area contributed by atoms with E-state index in [1.165, 1.54) is 0 Å². The molecular weight excluding hydrogens is 282 g/mol. The number of hydrogen-bond acceptors (Lipinski definition) is 5. The summed E-state index contributed by atoms with van der Waals surface area (Å²) in [7, 11) is 5.44. The second kappa shape index (κ2) is 7.09. The van der Waals surface area contributed by atoms with Gasteiger partial charge in [-0.3, -0.25) is 4.90 Å². The largest absolute Gasteiger partial charge is 0.338 e. The van der Waals surface area contributed by atoms with Gasteiger partial charge in [-0.2, -0.15) is 4.98 Å². The van der Waals surface area contributed by atoms with E-state index >= 15 is 0 Å². The van der Waals surface area contributed by atoms with Crippen LogP contribution in [0.15, 0.2) is 4.52 Å². The Kier molecular flexibility index (Phi) is 5.39. The third-order valence-corrected chi connectivity index (χ3v) is 4.07. The zero-order valence-corrected chi connectivity index (χ0v) is 14.2. The zero-order chi connectivity index (χ0) is 16.3. The van der Waals surface area contributed by atoms with Gasteiger partial charge in [0.25, 0.3) is 0 Å². The maximum Gasteiger partial charge on any atom is 0.319 e. The lowest BCUT2D eigenvalue weighted by Gasteiger charge is -2.37. The molecule has 0 aliphatic carbocycles. The first-order chi connectivity index (χ1) is 10.4. The molecule has 0 saturated carbocycles. The summed E-state index contributed by atoms with van der Waals surface area (Å²) < 4.78 is 5.32. The molecule has 0 aromatic carbocycles. The predicted octanol–water partition coefficient (Wildman–Crippen LogP) is 1.77. The molecule has 7 heteroatoms. The molecular formula is C15H27N5O2. The summed E-state index contributed by atoms with van der Waals surface area (Å²) in [6, 6.07) is 0.280. The first kappa shape index (κ1) is 16.7. The first-order valence-corrected chi connectivity index (χ1v) is 7.87. The highest BCUT2D eigenvalue weighted by Gasteiger charge is 2.27. The van der Waals surface area contributed by atoms with Gasteiger partial charge < -0.3 is 14.3 Å². The molecule has 1 atom stereocenters. The minimum atomic E-state index is 0.0479. The molecule has 0 spiro atoms. The van der Waals surface area contributed by atoms with Crippen LogP contribution in [0, 0.1) is 0 Å². The Hall–Kier alpha value is -1.63. The molecule has 0 N–H and O–H groups in total. The number of hydrogen-bond donors (Lipinski definition) is 0. The third-order valence-electron chi connectivity index (χ3n) is 4.07. The van der Waals surface area contributed by atoms with Crippen LogP contribution in [0.25, 0.3) is 0 Å². The van der Waals surface area contributed by atoms with Gasteiger partial charge in [-0.15, -0.1) is 0 Å². The molecule has 0 bridgehead atoms. The fourth-order valence-corrected chi connectivity index (χ4v) is 2.72. The Labute approximate surface area is 132 Å². The molecule has 1 aromatic heterocycles. The summed E-state index contributed by atoms with van der Waals surface area (Å²) in [5, 5.41) is 4.00. The summed E-state index contributed by atoms with van der Waals surface area (Å²) in [4.78, 5) is 22.2. The Morgan fingerprint density at radius 3 is 2.73 bits per heavy atom. The van der Waals surface area contributed by atoms with Crippen LogP contribution in [-0.4, -0.2) is 71.1 Å². The van der Waals surface area contributed by atoms with Crippen LogP contribution in [0.2, 0.25) is 0 Å². The molecule has 1 unspecified atom stereocenters. The van der Waals surface area contributed by atoms with Crippen molar-refractivity contribution in [2.75, 3.05) is 34.2 Å². The highest BCUT2D eigenvalue weighted by Crippen LogP contribution is 2.18. The summed E-state index contributed by atoms with van der Waals surface area (Å²) in [6.07, 6.45) is 2.11. The molecule has 7 nitrogen and oxygen atoms in total. The maximum absolute atomic E-state index is 12.1. The molecule has 2 rings (SSSR count). The molecule has 1 aliphatic heterocycles. The van der Waals surface area contributed by atoms with Crippen LogP contribution in [0.3, 0.4) is 0 Å². The normalized spacial score (nSPS) is 19.5. The number of urea groups is 1. The van der Waals surface area contributed by atoms with Crippen molar-refractivity contribution in [3.8, 4) is 0 Å². The van der Waals surface area contributed by atoms with Gasteiger partial charge in [-0.25, -0.2) is 4.79 Å². The van der Waals surface area contributed by atoms with Crippen molar-refractivity contribution in [1.82, 2.24) is 24.8 Å². The maximum atomic E-state index is 12.1. The van der Waals surface area contributed by atoms with Crippen LogP contribution in [-0.2, 0) is 6.54 Å². The van der Waals surface area contributed by atoms with Gasteiger partial charge in [-0.05, 0) is 19.4 Å². The van der Waals surface area contributed by atoms with Crippen LogP contribution < -0.4 is 0 Å². The van der Waals surface area contributed by atoms with Gasteiger partial charge in [0.2, 0.25) is 5.89 Å². The Bertz CT molecular complexity index is 500. The number of likely N-dealkylation sites (tertiary alicyclic amines) is 1. The van der Waals surface area contributed by atoms with Crippen LogP contribution in [0.1, 0.15) is 44.3 Å². The van der Waals surface area contributed by atoms with E-state index in [1.54, 1.807) is 19.0 Å². The molecule has 124 valence electrons. The molecule has 0 radical (unpaired) electrons. The quantitative estimate of drug-likeness (QED) is 0.848. The van der Waals surface area contributed by atoms with E-state index in [0.717, 1.165) is 31.8 Å². The van der Waals surface area contributed by atoms with Crippen LogP contribution >= 0.6 is 0 Å². The minimum absolute atomic E-state index is 0.0479. The van der Waals surface area contributed by atoms with Crippen molar-refractivity contribution >= 4 is 6.03 Å². The lowest BCUT2D eigenvalue weighted by atomic mass is 10.0. The number of carbonyl (C=O) groups excluding carboxylic acids is 1. The molecule has 1 aliphatic rings. The number of likely N-dealkylation sites (N-methyl/N-ethyl adjacent to an activating group) is 1. The lowest BCUT2D eigenvalue weighted by Crippen LogP contribution is -2.50. The SMILES string of the molecule is CC(C)c1noc(CN2CCCC(N(C)C(=O)N(C)C)C2)n1. The fourth-order valence-electron chi connectivity index (χ4n) is 2.72. The van der Waals surface area contributed by atoms with Gasteiger partial charge in [0.05, 0.1) is 6.54 Å². The topological polar surface area (TPSA) is 65.7 Å². The smallest absolute Gasteiger partial charge is 0.319 e. The van der Waals surface area contributed by atoms with Crippen molar-refractivity contribution in [1.29, 1.82) is 0 Å². The number of rotatable bonds is 4. The molecule has 2 amide bonds. The van der Waals surface area contributed by atoms with E-state index in [1.807, 2.05) is 25.8 Å². The number of piperidine rings is 1. The second-order valence-electron chi connectivity index (χ2n) is 6.52. The average molecular weight is 309 g/mol. The highest BCUT2D eigenvalue weighted by molar-refractivity contribution is 5.73. The minimum Gasteiger partial charge on any atom is -0.338 e. The Morgan fingerprint density at radius 1 is 1.41 bits per heavy atom.